The molecule has 0 spiro atoms. The van der Waals surface area contributed by atoms with Crippen LogP contribution in [0, 0.1) is 6.92 Å². The first kappa shape index (κ1) is 12.9. The lowest BCUT2D eigenvalue weighted by molar-refractivity contribution is 0.0908. The lowest BCUT2D eigenvalue weighted by Gasteiger charge is -2.23. The SMILES string of the molecule is Cc1nn(C)c(Cl)c1COCC1CCCCN1. The summed E-state index contributed by atoms with van der Waals surface area (Å²) in [6, 6.07) is 0.500. The Morgan fingerprint density at radius 2 is 2.35 bits per heavy atom. The largest absolute Gasteiger partial charge is 0.375 e. The van der Waals surface area contributed by atoms with Gasteiger partial charge < -0.3 is 10.1 Å². The Labute approximate surface area is 107 Å². The van der Waals surface area contributed by atoms with Gasteiger partial charge in [0.2, 0.25) is 0 Å². The van der Waals surface area contributed by atoms with Crippen LogP contribution in [0.1, 0.15) is 30.5 Å². The zero-order valence-electron chi connectivity index (χ0n) is 10.5. The summed E-state index contributed by atoms with van der Waals surface area (Å²) < 4.78 is 7.42. The summed E-state index contributed by atoms with van der Waals surface area (Å²) in [5.74, 6) is 0. The van der Waals surface area contributed by atoms with Crippen LogP contribution in [0.15, 0.2) is 0 Å². The summed E-state index contributed by atoms with van der Waals surface area (Å²) in [6.45, 7) is 4.38. The minimum Gasteiger partial charge on any atom is -0.375 e. The maximum atomic E-state index is 6.14. The first-order valence-corrected chi connectivity index (χ1v) is 6.55. The first-order chi connectivity index (χ1) is 8.18. The summed E-state index contributed by atoms with van der Waals surface area (Å²) in [5, 5.41) is 8.41. The number of piperidine rings is 1. The number of ether oxygens (including phenoxy) is 1. The van der Waals surface area contributed by atoms with E-state index in [1.807, 2.05) is 14.0 Å². The fraction of sp³-hybridized carbons (Fsp3) is 0.750. The molecule has 0 aromatic carbocycles. The Morgan fingerprint density at radius 3 is 2.94 bits per heavy atom. The maximum absolute atomic E-state index is 6.14. The van der Waals surface area contributed by atoms with Gasteiger partial charge in [0.05, 0.1) is 18.9 Å². The molecule has 17 heavy (non-hydrogen) atoms. The van der Waals surface area contributed by atoms with Gasteiger partial charge in [0.15, 0.2) is 0 Å². The van der Waals surface area contributed by atoms with E-state index < -0.39 is 0 Å². The van der Waals surface area contributed by atoms with Crippen molar-refractivity contribution in [2.75, 3.05) is 13.2 Å². The van der Waals surface area contributed by atoms with Crippen LogP contribution >= 0.6 is 11.6 Å². The van der Waals surface area contributed by atoms with Gasteiger partial charge in [0, 0.05) is 18.7 Å². The average molecular weight is 258 g/mol. The number of rotatable bonds is 4. The van der Waals surface area contributed by atoms with Gasteiger partial charge in [0.1, 0.15) is 5.15 Å². The molecule has 1 aromatic rings. The Bertz CT molecular complexity index is 372. The van der Waals surface area contributed by atoms with Crippen molar-refractivity contribution in [3.8, 4) is 0 Å². The molecule has 1 N–H and O–H groups in total. The van der Waals surface area contributed by atoms with Gasteiger partial charge in [-0.05, 0) is 26.3 Å². The smallest absolute Gasteiger partial charge is 0.132 e. The maximum Gasteiger partial charge on any atom is 0.132 e. The van der Waals surface area contributed by atoms with Gasteiger partial charge in [-0.1, -0.05) is 18.0 Å². The van der Waals surface area contributed by atoms with E-state index in [0.29, 0.717) is 17.8 Å². The van der Waals surface area contributed by atoms with Crippen molar-refractivity contribution in [1.82, 2.24) is 15.1 Å². The highest BCUT2D eigenvalue weighted by Crippen LogP contribution is 2.19. The summed E-state index contributed by atoms with van der Waals surface area (Å²) in [5.41, 5.74) is 1.96. The van der Waals surface area contributed by atoms with Gasteiger partial charge in [-0.25, -0.2) is 0 Å². The quantitative estimate of drug-likeness (QED) is 0.897. The molecular formula is C12H20ClN3O. The fourth-order valence-electron chi connectivity index (χ4n) is 2.21. The minimum atomic E-state index is 0.500. The third kappa shape index (κ3) is 3.21. The van der Waals surface area contributed by atoms with E-state index in [1.165, 1.54) is 19.3 Å². The van der Waals surface area contributed by atoms with Crippen molar-refractivity contribution in [2.24, 2.45) is 7.05 Å². The lowest BCUT2D eigenvalue weighted by Crippen LogP contribution is -2.37. The van der Waals surface area contributed by atoms with Crippen LogP contribution in [0.4, 0.5) is 0 Å². The predicted molar refractivity (Wildman–Crippen MR) is 68.3 cm³/mol. The number of halogens is 1. The second-order valence-corrected chi connectivity index (χ2v) is 5.00. The number of aryl methyl sites for hydroxylation is 2. The Balaban J connectivity index is 1.81. The highest BCUT2D eigenvalue weighted by Gasteiger charge is 2.14. The van der Waals surface area contributed by atoms with E-state index in [4.69, 9.17) is 16.3 Å². The molecule has 1 unspecified atom stereocenters. The van der Waals surface area contributed by atoms with Crippen LogP contribution in [0.25, 0.3) is 0 Å². The molecule has 0 saturated carbocycles. The van der Waals surface area contributed by atoms with Crippen molar-refractivity contribution in [3.05, 3.63) is 16.4 Å². The van der Waals surface area contributed by atoms with Crippen LogP contribution < -0.4 is 5.32 Å². The zero-order chi connectivity index (χ0) is 12.3. The average Bonchev–Trinajstić information content (AvgIpc) is 2.57. The molecule has 0 aliphatic carbocycles. The molecule has 4 nitrogen and oxygen atoms in total. The lowest BCUT2D eigenvalue weighted by atomic mass is 10.1. The molecule has 1 atom stereocenters. The predicted octanol–water partition coefficient (Wildman–Crippen LogP) is 2.04. The van der Waals surface area contributed by atoms with E-state index in [9.17, 15) is 0 Å². The van der Waals surface area contributed by atoms with E-state index in [-0.39, 0.29) is 0 Å². The molecule has 1 saturated heterocycles. The number of hydrogen-bond donors (Lipinski definition) is 1. The molecule has 1 aliphatic heterocycles. The topological polar surface area (TPSA) is 39.1 Å². The van der Waals surface area contributed by atoms with Crippen LogP contribution in [0.2, 0.25) is 5.15 Å². The molecule has 1 aliphatic rings. The normalized spacial score (nSPS) is 20.8. The molecule has 2 rings (SSSR count). The standard InChI is InChI=1S/C12H20ClN3O/c1-9-11(12(13)16(2)15-9)8-17-7-10-5-3-4-6-14-10/h10,14H,3-8H2,1-2H3. The van der Waals surface area contributed by atoms with Crippen molar-refractivity contribution in [3.63, 3.8) is 0 Å². The second kappa shape index (κ2) is 5.85. The molecule has 1 aromatic heterocycles. The van der Waals surface area contributed by atoms with Crippen molar-refractivity contribution in [2.45, 2.75) is 38.8 Å². The number of nitrogens with zero attached hydrogens (tertiary/aromatic N) is 2. The fourth-order valence-corrected chi connectivity index (χ4v) is 2.44. The Kier molecular flexibility index (Phi) is 4.42. The summed E-state index contributed by atoms with van der Waals surface area (Å²) in [7, 11) is 1.85. The Hall–Kier alpha value is -0.580. The van der Waals surface area contributed by atoms with E-state index in [1.54, 1.807) is 4.68 Å². The van der Waals surface area contributed by atoms with E-state index in [0.717, 1.165) is 24.4 Å². The Morgan fingerprint density at radius 1 is 1.53 bits per heavy atom. The third-order valence-electron chi connectivity index (χ3n) is 3.25. The molecular weight excluding hydrogens is 238 g/mol. The molecule has 0 amide bonds. The van der Waals surface area contributed by atoms with Crippen molar-refractivity contribution in [1.29, 1.82) is 0 Å². The van der Waals surface area contributed by atoms with Crippen LogP contribution in [0.3, 0.4) is 0 Å². The molecule has 0 bridgehead atoms. The number of nitrogens with one attached hydrogen (secondary N) is 1. The minimum absolute atomic E-state index is 0.500. The zero-order valence-corrected chi connectivity index (χ0v) is 11.3. The van der Waals surface area contributed by atoms with Crippen molar-refractivity contribution < 1.29 is 4.74 Å². The summed E-state index contributed by atoms with van der Waals surface area (Å²) in [6.07, 6.45) is 3.79. The molecule has 96 valence electrons. The molecule has 0 radical (unpaired) electrons. The van der Waals surface area contributed by atoms with Crippen LogP contribution in [-0.2, 0) is 18.4 Å². The highest BCUT2D eigenvalue weighted by molar-refractivity contribution is 6.30. The number of hydrogen-bond acceptors (Lipinski definition) is 3. The van der Waals surface area contributed by atoms with Gasteiger partial charge in [-0.3, -0.25) is 4.68 Å². The van der Waals surface area contributed by atoms with Gasteiger partial charge in [-0.2, -0.15) is 5.10 Å². The van der Waals surface area contributed by atoms with Gasteiger partial charge >= 0.3 is 0 Å². The second-order valence-electron chi connectivity index (χ2n) is 4.64. The van der Waals surface area contributed by atoms with Gasteiger partial charge in [0.25, 0.3) is 0 Å². The number of aromatic nitrogens is 2. The molecule has 5 heteroatoms. The van der Waals surface area contributed by atoms with Crippen LogP contribution in [0.5, 0.6) is 0 Å². The monoisotopic (exact) mass is 257 g/mol. The van der Waals surface area contributed by atoms with Crippen LogP contribution in [-0.4, -0.2) is 29.0 Å². The van der Waals surface area contributed by atoms with E-state index >= 15 is 0 Å². The summed E-state index contributed by atoms with van der Waals surface area (Å²) >= 11 is 6.14. The first-order valence-electron chi connectivity index (χ1n) is 6.17. The van der Waals surface area contributed by atoms with Gasteiger partial charge in [-0.15, -0.1) is 0 Å². The molecule has 1 fully saturated rings. The third-order valence-corrected chi connectivity index (χ3v) is 3.72. The van der Waals surface area contributed by atoms with Crippen molar-refractivity contribution >= 4 is 11.6 Å². The summed E-state index contributed by atoms with van der Waals surface area (Å²) in [4.78, 5) is 0. The van der Waals surface area contributed by atoms with E-state index in [2.05, 4.69) is 10.4 Å². The molecule has 2 heterocycles. The highest BCUT2D eigenvalue weighted by atomic mass is 35.5.